The number of amides is 2. The molecule has 1 atom stereocenters. The summed E-state index contributed by atoms with van der Waals surface area (Å²) in [5.41, 5.74) is 10.5. The van der Waals surface area contributed by atoms with Crippen molar-refractivity contribution in [3.8, 4) is 5.75 Å². The number of rotatable bonds is 8. The van der Waals surface area contributed by atoms with Crippen LogP contribution in [0.5, 0.6) is 5.75 Å². The molecule has 9 nitrogen and oxygen atoms in total. The minimum Gasteiger partial charge on any atom is -0.406 e. The first kappa shape index (κ1) is 21.7. The molecule has 0 fully saturated rings. The van der Waals surface area contributed by atoms with Gasteiger partial charge in [0.15, 0.2) is 11.5 Å². The van der Waals surface area contributed by atoms with Crippen molar-refractivity contribution in [1.29, 1.82) is 0 Å². The Hall–Kier alpha value is -3.57. The number of nitrogens with two attached hydrogens (primary N) is 2. The maximum Gasteiger partial charge on any atom is 0.573 e. The van der Waals surface area contributed by atoms with Gasteiger partial charge in [-0.3, -0.25) is 9.59 Å². The zero-order valence-electron chi connectivity index (χ0n) is 15.4. The summed E-state index contributed by atoms with van der Waals surface area (Å²) in [5, 5.41) is 5.47. The number of ether oxygens (including phenoxy) is 1. The van der Waals surface area contributed by atoms with Gasteiger partial charge in [-0.25, -0.2) is 9.97 Å². The summed E-state index contributed by atoms with van der Waals surface area (Å²) >= 11 is 0. The van der Waals surface area contributed by atoms with E-state index < -0.39 is 30.0 Å². The van der Waals surface area contributed by atoms with Gasteiger partial charge in [0.05, 0.1) is 6.20 Å². The van der Waals surface area contributed by atoms with Gasteiger partial charge in [-0.15, -0.1) is 13.2 Å². The van der Waals surface area contributed by atoms with Crippen molar-refractivity contribution >= 4 is 29.1 Å². The van der Waals surface area contributed by atoms with E-state index in [-0.39, 0.29) is 28.9 Å². The zero-order valence-corrected chi connectivity index (χ0v) is 15.4. The van der Waals surface area contributed by atoms with Gasteiger partial charge in [0, 0.05) is 11.8 Å². The summed E-state index contributed by atoms with van der Waals surface area (Å²) < 4.78 is 41.1. The smallest absolute Gasteiger partial charge is 0.406 e. The van der Waals surface area contributed by atoms with Crippen molar-refractivity contribution in [3.63, 3.8) is 0 Å². The molecule has 0 aliphatic rings. The van der Waals surface area contributed by atoms with Crippen LogP contribution in [0.2, 0.25) is 0 Å². The lowest BCUT2D eigenvalue weighted by atomic mass is 10.0. The number of halogens is 3. The van der Waals surface area contributed by atoms with Crippen LogP contribution in [0.3, 0.4) is 0 Å². The standard InChI is InChI=1S/C17H19F3N6O3/c1-8(2)12(14(21)27)25-11-7-23-13(15(22)28)16(26-11)24-9-4-3-5-10(6-9)29-17(18,19)20/h3-8,12H,1-2H3,(H2,21,27)(H2,22,28)(H2,24,25,26). The molecule has 1 aromatic carbocycles. The number of primary amides is 2. The summed E-state index contributed by atoms with van der Waals surface area (Å²) in [6.45, 7) is 3.53. The summed E-state index contributed by atoms with van der Waals surface area (Å²) in [6, 6.07) is 4.14. The Morgan fingerprint density at radius 1 is 1.21 bits per heavy atom. The van der Waals surface area contributed by atoms with Crippen molar-refractivity contribution in [2.45, 2.75) is 26.3 Å². The quantitative estimate of drug-likeness (QED) is 0.520. The van der Waals surface area contributed by atoms with Crippen molar-refractivity contribution in [3.05, 3.63) is 36.2 Å². The second-order valence-corrected chi connectivity index (χ2v) is 6.29. The highest BCUT2D eigenvalue weighted by Gasteiger charge is 2.31. The molecule has 0 saturated heterocycles. The Labute approximate surface area is 163 Å². The Morgan fingerprint density at radius 2 is 1.90 bits per heavy atom. The average molecular weight is 412 g/mol. The lowest BCUT2D eigenvalue weighted by Crippen LogP contribution is -2.39. The third kappa shape index (κ3) is 6.23. The fourth-order valence-corrected chi connectivity index (χ4v) is 2.36. The maximum absolute atomic E-state index is 12.4. The highest BCUT2D eigenvalue weighted by Crippen LogP contribution is 2.27. The first-order chi connectivity index (χ1) is 13.5. The van der Waals surface area contributed by atoms with Gasteiger partial charge in [0.2, 0.25) is 5.91 Å². The molecule has 0 radical (unpaired) electrons. The molecule has 2 aromatic rings. The predicted octanol–water partition coefficient (Wildman–Crippen LogP) is 2.14. The molecule has 0 spiro atoms. The largest absolute Gasteiger partial charge is 0.573 e. The molecule has 29 heavy (non-hydrogen) atoms. The molecule has 0 aliphatic heterocycles. The summed E-state index contributed by atoms with van der Waals surface area (Å²) in [4.78, 5) is 31.2. The number of anilines is 3. The molecular formula is C17H19F3N6O3. The molecule has 0 bridgehead atoms. The number of alkyl halides is 3. The Morgan fingerprint density at radius 3 is 2.45 bits per heavy atom. The number of aromatic nitrogens is 2. The van der Waals surface area contributed by atoms with E-state index in [2.05, 4.69) is 25.3 Å². The van der Waals surface area contributed by atoms with Gasteiger partial charge < -0.3 is 26.8 Å². The van der Waals surface area contributed by atoms with Crippen LogP contribution in [0.25, 0.3) is 0 Å². The third-order valence-corrected chi connectivity index (χ3v) is 3.61. The van der Waals surface area contributed by atoms with Crippen molar-refractivity contribution < 1.29 is 27.5 Å². The predicted molar refractivity (Wildman–Crippen MR) is 98.4 cm³/mol. The molecule has 12 heteroatoms. The summed E-state index contributed by atoms with van der Waals surface area (Å²) in [6.07, 6.45) is -3.67. The van der Waals surface area contributed by atoms with Crippen LogP contribution in [0.1, 0.15) is 24.3 Å². The Bertz CT molecular complexity index is 904. The Balaban J connectivity index is 2.34. The number of carbonyl (C=O) groups is 2. The second kappa shape index (κ2) is 8.63. The van der Waals surface area contributed by atoms with Gasteiger partial charge in [-0.1, -0.05) is 19.9 Å². The van der Waals surface area contributed by atoms with Crippen LogP contribution in [-0.4, -0.2) is 34.2 Å². The number of nitrogens with zero attached hydrogens (tertiary/aromatic N) is 2. The fraction of sp³-hybridized carbons (Fsp3) is 0.294. The van der Waals surface area contributed by atoms with Gasteiger partial charge in [0.25, 0.3) is 5.91 Å². The first-order valence-corrected chi connectivity index (χ1v) is 8.32. The zero-order chi connectivity index (χ0) is 21.8. The van der Waals surface area contributed by atoms with E-state index in [9.17, 15) is 22.8 Å². The highest BCUT2D eigenvalue weighted by atomic mass is 19.4. The molecule has 1 unspecified atom stereocenters. The van der Waals surface area contributed by atoms with Gasteiger partial charge >= 0.3 is 6.36 Å². The van der Waals surface area contributed by atoms with E-state index in [4.69, 9.17) is 11.5 Å². The molecule has 1 heterocycles. The van der Waals surface area contributed by atoms with E-state index >= 15 is 0 Å². The number of hydrogen-bond acceptors (Lipinski definition) is 7. The molecule has 1 aromatic heterocycles. The monoisotopic (exact) mass is 412 g/mol. The molecule has 156 valence electrons. The first-order valence-electron chi connectivity index (χ1n) is 8.32. The number of benzene rings is 1. The minimum atomic E-state index is -4.86. The molecule has 0 aliphatic carbocycles. The normalized spacial score (nSPS) is 12.3. The average Bonchev–Trinajstić information content (AvgIpc) is 2.57. The van der Waals surface area contributed by atoms with Crippen LogP contribution in [0.15, 0.2) is 30.5 Å². The number of hydrogen-bond donors (Lipinski definition) is 4. The number of carbonyl (C=O) groups excluding carboxylic acids is 2. The molecule has 0 saturated carbocycles. The summed E-state index contributed by atoms with van der Waals surface area (Å²) in [5.74, 6) is -2.19. The van der Waals surface area contributed by atoms with Crippen LogP contribution in [0.4, 0.5) is 30.5 Å². The topological polar surface area (TPSA) is 145 Å². The number of nitrogens with one attached hydrogen (secondary N) is 2. The minimum absolute atomic E-state index is 0.109. The van der Waals surface area contributed by atoms with E-state index in [1.54, 1.807) is 13.8 Å². The lowest BCUT2D eigenvalue weighted by Gasteiger charge is -2.20. The lowest BCUT2D eigenvalue weighted by molar-refractivity contribution is -0.274. The third-order valence-electron chi connectivity index (χ3n) is 3.61. The highest BCUT2D eigenvalue weighted by molar-refractivity contribution is 5.96. The van der Waals surface area contributed by atoms with Crippen molar-refractivity contribution in [2.75, 3.05) is 10.6 Å². The van der Waals surface area contributed by atoms with E-state index in [1.165, 1.54) is 18.3 Å². The van der Waals surface area contributed by atoms with Gasteiger partial charge in [-0.05, 0) is 18.1 Å². The van der Waals surface area contributed by atoms with Crippen molar-refractivity contribution in [2.24, 2.45) is 17.4 Å². The van der Waals surface area contributed by atoms with Crippen LogP contribution >= 0.6 is 0 Å². The maximum atomic E-state index is 12.4. The van der Waals surface area contributed by atoms with E-state index in [1.807, 2.05) is 0 Å². The van der Waals surface area contributed by atoms with Crippen LogP contribution < -0.4 is 26.8 Å². The second-order valence-electron chi connectivity index (χ2n) is 6.29. The van der Waals surface area contributed by atoms with Gasteiger partial charge in [0.1, 0.15) is 17.6 Å². The molecule has 2 amide bonds. The summed E-state index contributed by atoms with van der Waals surface area (Å²) in [7, 11) is 0. The van der Waals surface area contributed by atoms with Crippen LogP contribution in [0, 0.1) is 5.92 Å². The Kier molecular flexibility index (Phi) is 6.46. The van der Waals surface area contributed by atoms with E-state index in [0.29, 0.717) is 0 Å². The van der Waals surface area contributed by atoms with Crippen molar-refractivity contribution in [1.82, 2.24) is 9.97 Å². The molecule has 6 N–H and O–H groups in total. The fourth-order valence-electron chi connectivity index (χ4n) is 2.36. The van der Waals surface area contributed by atoms with Gasteiger partial charge in [-0.2, -0.15) is 0 Å². The molecule has 2 rings (SSSR count). The molecular weight excluding hydrogens is 393 g/mol. The van der Waals surface area contributed by atoms with E-state index in [0.717, 1.165) is 12.1 Å². The van der Waals surface area contributed by atoms with Crippen LogP contribution in [-0.2, 0) is 4.79 Å². The SMILES string of the molecule is CC(C)C(Nc1cnc(C(N)=O)c(Nc2cccc(OC(F)(F)F)c2)n1)C(N)=O.